The summed E-state index contributed by atoms with van der Waals surface area (Å²) in [5.74, 6) is -1.57. The highest BCUT2D eigenvalue weighted by atomic mass is 79.9. The number of benzene rings is 1. The average Bonchev–Trinajstić information content (AvgIpc) is 2.51. The van der Waals surface area contributed by atoms with E-state index >= 15 is 0 Å². The van der Waals surface area contributed by atoms with E-state index in [-0.39, 0.29) is 5.56 Å². The molecule has 1 aliphatic heterocycles. The minimum Gasteiger partial charge on any atom is -0.490 e. The molecule has 2 rings (SSSR count). The van der Waals surface area contributed by atoms with Gasteiger partial charge in [0, 0.05) is 16.5 Å². The van der Waals surface area contributed by atoms with E-state index in [1.165, 1.54) is 6.07 Å². The predicted octanol–water partition coefficient (Wildman–Crippen LogP) is 1.88. The van der Waals surface area contributed by atoms with Crippen LogP contribution in [0.3, 0.4) is 0 Å². The van der Waals surface area contributed by atoms with Crippen molar-refractivity contribution >= 4 is 27.7 Å². The molecule has 0 bridgehead atoms. The van der Waals surface area contributed by atoms with Gasteiger partial charge in [-0.25, -0.2) is 4.79 Å². The molecule has 0 saturated carbocycles. The number of fused-ring (bicyclic) bond motifs is 1. The van der Waals surface area contributed by atoms with Gasteiger partial charge in [-0.1, -0.05) is 0 Å². The fraction of sp³-hybridized carbons (Fsp3) is 0.273. The van der Waals surface area contributed by atoms with Crippen LogP contribution in [0, 0.1) is 0 Å². The molecule has 0 radical (unpaired) electrons. The van der Waals surface area contributed by atoms with Gasteiger partial charge in [0.2, 0.25) is 0 Å². The zero-order valence-corrected chi connectivity index (χ0v) is 10.3. The van der Waals surface area contributed by atoms with E-state index in [9.17, 15) is 9.59 Å². The van der Waals surface area contributed by atoms with Crippen LogP contribution >= 0.6 is 15.9 Å². The standard InChI is InChI=1S/C11H9BrO5/c12-7-5-9-8(16-2-1-3-17-9)4-6(7)10(13)11(14)15/h4-5H,1-3H2,(H,14,15). The molecule has 0 atom stereocenters. The van der Waals surface area contributed by atoms with E-state index in [1.807, 2.05) is 0 Å². The van der Waals surface area contributed by atoms with Crippen LogP contribution in [0.5, 0.6) is 11.5 Å². The van der Waals surface area contributed by atoms with E-state index < -0.39 is 11.8 Å². The van der Waals surface area contributed by atoms with Crippen LogP contribution in [0.25, 0.3) is 0 Å². The number of halogens is 1. The summed E-state index contributed by atoms with van der Waals surface area (Å²) in [6.07, 6.45) is 0.745. The third-order valence-electron chi connectivity index (χ3n) is 2.28. The van der Waals surface area contributed by atoms with Crippen molar-refractivity contribution in [2.24, 2.45) is 0 Å². The van der Waals surface area contributed by atoms with Crippen molar-refractivity contribution in [1.29, 1.82) is 0 Å². The lowest BCUT2D eigenvalue weighted by atomic mass is 10.1. The lowest BCUT2D eigenvalue weighted by molar-refractivity contribution is -0.131. The molecule has 0 aliphatic carbocycles. The van der Waals surface area contributed by atoms with E-state index in [2.05, 4.69) is 15.9 Å². The fourth-order valence-corrected chi connectivity index (χ4v) is 1.98. The third-order valence-corrected chi connectivity index (χ3v) is 2.93. The second-order valence-electron chi connectivity index (χ2n) is 3.46. The highest BCUT2D eigenvalue weighted by Crippen LogP contribution is 2.35. The van der Waals surface area contributed by atoms with Crippen LogP contribution in [0.1, 0.15) is 16.8 Å². The SMILES string of the molecule is O=C(O)C(=O)c1cc2c(cc1Br)OCCCO2. The van der Waals surface area contributed by atoms with Crippen molar-refractivity contribution in [2.45, 2.75) is 6.42 Å². The summed E-state index contributed by atoms with van der Waals surface area (Å²) < 4.78 is 11.2. The maximum absolute atomic E-state index is 11.4. The first-order chi connectivity index (χ1) is 8.09. The molecule has 0 unspecified atom stereocenters. The first-order valence-electron chi connectivity index (χ1n) is 4.96. The second-order valence-corrected chi connectivity index (χ2v) is 4.32. The van der Waals surface area contributed by atoms with Crippen molar-refractivity contribution in [1.82, 2.24) is 0 Å². The number of hydrogen-bond donors (Lipinski definition) is 1. The number of Topliss-reactive ketones (excluding diaryl/α,β-unsaturated/α-hetero) is 1. The Morgan fingerprint density at radius 1 is 1.18 bits per heavy atom. The van der Waals surface area contributed by atoms with E-state index in [4.69, 9.17) is 14.6 Å². The van der Waals surface area contributed by atoms with Crippen LogP contribution in [0.2, 0.25) is 0 Å². The third kappa shape index (κ3) is 2.41. The number of carbonyl (C=O) groups excluding carboxylic acids is 1. The molecule has 1 heterocycles. The predicted molar refractivity (Wildman–Crippen MR) is 61.7 cm³/mol. The smallest absolute Gasteiger partial charge is 0.377 e. The van der Waals surface area contributed by atoms with Gasteiger partial charge in [0.05, 0.1) is 13.2 Å². The van der Waals surface area contributed by atoms with E-state index in [0.717, 1.165) is 6.42 Å². The van der Waals surface area contributed by atoms with E-state index in [0.29, 0.717) is 29.2 Å². The molecule has 0 amide bonds. The first kappa shape index (κ1) is 11.9. The molecule has 1 aromatic carbocycles. The topological polar surface area (TPSA) is 72.8 Å². The summed E-state index contributed by atoms with van der Waals surface area (Å²) in [5, 5.41) is 8.68. The highest BCUT2D eigenvalue weighted by molar-refractivity contribution is 9.10. The summed E-state index contributed by atoms with van der Waals surface area (Å²) in [4.78, 5) is 22.1. The molecule has 0 fully saturated rings. The Morgan fingerprint density at radius 2 is 1.76 bits per heavy atom. The van der Waals surface area contributed by atoms with Crippen molar-refractivity contribution in [2.75, 3.05) is 13.2 Å². The number of rotatable bonds is 2. The molecular weight excluding hydrogens is 292 g/mol. The van der Waals surface area contributed by atoms with Crippen LogP contribution in [0.4, 0.5) is 0 Å². The van der Waals surface area contributed by atoms with Gasteiger partial charge in [-0.15, -0.1) is 0 Å². The summed E-state index contributed by atoms with van der Waals surface area (Å²) >= 11 is 3.15. The number of hydrogen-bond acceptors (Lipinski definition) is 4. The molecule has 1 aromatic rings. The number of ether oxygens (including phenoxy) is 2. The Balaban J connectivity index is 2.45. The van der Waals surface area contributed by atoms with Gasteiger partial charge in [-0.05, 0) is 28.1 Å². The summed E-state index contributed by atoms with van der Waals surface area (Å²) in [6, 6.07) is 2.94. The lowest BCUT2D eigenvalue weighted by Gasteiger charge is -2.09. The minimum absolute atomic E-state index is 0.0572. The monoisotopic (exact) mass is 300 g/mol. The Morgan fingerprint density at radius 3 is 2.35 bits per heavy atom. The van der Waals surface area contributed by atoms with Crippen molar-refractivity contribution < 1.29 is 24.2 Å². The van der Waals surface area contributed by atoms with Gasteiger partial charge < -0.3 is 14.6 Å². The summed E-state index contributed by atoms with van der Waals surface area (Å²) in [5.41, 5.74) is 0.0572. The molecular formula is C11H9BrO5. The minimum atomic E-state index is -1.50. The molecule has 5 nitrogen and oxygen atoms in total. The maximum atomic E-state index is 11.4. The summed E-state index contributed by atoms with van der Waals surface area (Å²) in [7, 11) is 0. The van der Waals surface area contributed by atoms with Crippen LogP contribution in [0.15, 0.2) is 16.6 Å². The molecule has 0 aromatic heterocycles. The second kappa shape index (κ2) is 4.75. The molecule has 17 heavy (non-hydrogen) atoms. The van der Waals surface area contributed by atoms with E-state index in [1.54, 1.807) is 6.07 Å². The van der Waals surface area contributed by atoms with Gasteiger partial charge in [0.15, 0.2) is 11.5 Å². The number of carboxylic acids is 1. The Bertz CT molecular complexity index is 483. The van der Waals surface area contributed by atoms with Gasteiger partial charge >= 0.3 is 5.97 Å². The number of ketones is 1. The van der Waals surface area contributed by atoms with Crippen LogP contribution in [-0.4, -0.2) is 30.1 Å². The normalized spacial score (nSPS) is 13.9. The lowest BCUT2D eigenvalue weighted by Crippen LogP contribution is -2.13. The molecule has 1 N–H and O–H groups in total. The van der Waals surface area contributed by atoms with Crippen LogP contribution in [-0.2, 0) is 4.79 Å². The zero-order chi connectivity index (χ0) is 12.4. The van der Waals surface area contributed by atoms with Gasteiger partial charge in [-0.3, -0.25) is 4.79 Å². The van der Waals surface area contributed by atoms with Gasteiger partial charge in [-0.2, -0.15) is 0 Å². The Hall–Kier alpha value is -1.56. The molecule has 6 heteroatoms. The zero-order valence-electron chi connectivity index (χ0n) is 8.73. The molecule has 1 aliphatic rings. The fourth-order valence-electron chi connectivity index (χ4n) is 1.47. The largest absolute Gasteiger partial charge is 0.490 e. The Labute approximate surface area is 105 Å². The van der Waals surface area contributed by atoms with Gasteiger partial charge in [0.25, 0.3) is 5.78 Å². The average molecular weight is 301 g/mol. The van der Waals surface area contributed by atoms with Gasteiger partial charge in [0.1, 0.15) is 0 Å². The van der Waals surface area contributed by atoms with Crippen molar-refractivity contribution in [3.63, 3.8) is 0 Å². The number of carbonyl (C=O) groups is 2. The number of carboxylic acid groups (broad SMARTS) is 1. The first-order valence-corrected chi connectivity index (χ1v) is 5.75. The molecule has 0 spiro atoms. The summed E-state index contributed by atoms with van der Waals surface area (Å²) in [6.45, 7) is 1.01. The highest BCUT2D eigenvalue weighted by Gasteiger charge is 2.22. The molecule has 0 saturated heterocycles. The maximum Gasteiger partial charge on any atom is 0.377 e. The Kier molecular flexibility index (Phi) is 3.33. The van der Waals surface area contributed by atoms with Crippen LogP contribution < -0.4 is 9.47 Å². The quantitative estimate of drug-likeness (QED) is 0.667. The molecule has 90 valence electrons. The van der Waals surface area contributed by atoms with Crippen molar-refractivity contribution in [3.05, 3.63) is 22.2 Å². The van der Waals surface area contributed by atoms with Crippen molar-refractivity contribution in [3.8, 4) is 11.5 Å². The number of aliphatic carboxylic acids is 1.